The SMILES string of the molecule is O=C(C=CC(=O)Oc1ccccc1)Oc1ccccc1. The van der Waals surface area contributed by atoms with E-state index in [-0.39, 0.29) is 0 Å². The van der Waals surface area contributed by atoms with Crippen LogP contribution in [-0.4, -0.2) is 11.9 Å². The molecule has 0 atom stereocenters. The molecule has 0 aromatic heterocycles. The van der Waals surface area contributed by atoms with Crippen LogP contribution in [0, 0.1) is 0 Å². The van der Waals surface area contributed by atoms with E-state index in [4.69, 9.17) is 9.47 Å². The topological polar surface area (TPSA) is 52.6 Å². The zero-order valence-corrected chi connectivity index (χ0v) is 10.6. The van der Waals surface area contributed by atoms with Crippen LogP contribution in [0.3, 0.4) is 0 Å². The molecule has 0 bridgehead atoms. The first-order valence-electron chi connectivity index (χ1n) is 5.96. The van der Waals surface area contributed by atoms with Crippen molar-refractivity contribution in [1.82, 2.24) is 0 Å². The van der Waals surface area contributed by atoms with Gasteiger partial charge in [-0.2, -0.15) is 0 Å². The fraction of sp³-hybridized carbons (Fsp3) is 0. The van der Waals surface area contributed by atoms with Gasteiger partial charge < -0.3 is 9.47 Å². The fourth-order valence-corrected chi connectivity index (χ4v) is 1.41. The number of para-hydroxylation sites is 2. The van der Waals surface area contributed by atoms with Gasteiger partial charge in [-0.05, 0) is 24.3 Å². The summed E-state index contributed by atoms with van der Waals surface area (Å²) in [6, 6.07) is 17.2. The molecule has 0 saturated carbocycles. The summed E-state index contributed by atoms with van der Waals surface area (Å²) in [5.41, 5.74) is 0. The summed E-state index contributed by atoms with van der Waals surface area (Å²) in [4.78, 5) is 22.9. The lowest BCUT2D eigenvalue weighted by atomic mass is 10.3. The third kappa shape index (κ3) is 4.42. The number of ether oxygens (including phenoxy) is 2. The van der Waals surface area contributed by atoms with Crippen LogP contribution < -0.4 is 9.47 Å². The minimum atomic E-state index is -0.638. The molecule has 4 heteroatoms. The second-order valence-corrected chi connectivity index (χ2v) is 3.80. The van der Waals surface area contributed by atoms with Gasteiger partial charge in [-0.3, -0.25) is 0 Å². The van der Waals surface area contributed by atoms with Crippen molar-refractivity contribution in [3.05, 3.63) is 72.8 Å². The minimum absolute atomic E-state index is 0.415. The molecule has 0 spiro atoms. The molecule has 4 nitrogen and oxygen atoms in total. The van der Waals surface area contributed by atoms with Crippen molar-refractivity contribution in [2.45, 2.75) is 0 Å². The Balaban J connectivity index is 1.86. The van der Waals surface area contributed by atoms with Crippen LogP contribution in [-0.2, 0) is 9.59 Å². The Bertz CT molecular complexity index is 547. The molecule has 0 fully saturated rings. The molecule has 2 rings (SSSR count). The van der Waals surface area contributed by atoms with Gasteiger partial charge >= 0.3 is 11.9 Å². The number of benzene rings is 2. The van der Waals surface area contributed by atoms with Gasteiger partial charge in [0.15, 0.2) is 0 Å². The number of hydrogen-bond donors (Lipinski definition) is 0. The van der Waals surface area contributed by atoms with Crippen molar-refractivity contribution in [1.29, 1.82) is 0 Å². The summed E-state index contributed by atoms with van der Waals surface area (Å²) in [7, 11) is 0. The van der Waals surface area contributed by atoms with Crippen LogP contribution in [0.4, 0.5) is 0 Å². The molecule has 0 N–H and O–H groups in total. The van der Waals surface area contributed by atoms with Crippen molar-refractivity contribution in [2.75, 3.05) is 0 Å². The van der Waals surface area contributed by atoms with Crippen LogP contribution in [0.5, 0.6) is 11.5 Å². The first-order valence-corrected chi connectivity index (χ1v) is 5.96. The Kier molecular flexibility index (Phi) is 4.67. The highest BCUT2D eigenvalue weighted by atomic mass is 16.5. The molecule has 0 aliphatic carbocycles. The monoisotopic (exact) mass is 268 g/mol. The third-order valence-corrected chi connectivity index (χ3v) is 2.28. The minimum Gasteiger partial charge on any atom is -0.423 e. The molecule has 0 aliphatic rings. The number of carbonyl (C=O) groups excluding carboxylic acids is 2. The van der Waals surface area contributed by atoms with E-state index < -0.39 is 11.9 Å². The molecule has 2 aromatic rings. The fourth-order valence-electron chi connectivity index (χ4n) is 1.41. The van der Waals surface area contributed by atoms with E-state index in [1.807, 2.05) is 12.1 Å². The largest absolute Gasteiger partial charge is 0.423 e. The summed E-state index contributed by atoms with van der Waals surface area (Å²) in [6.07, 6.45) is 2.05. The molecule has 2 aromatic carbocycles. The molecule has 100 valence electrons. The standard InChI is InChI=1S/C16H12O4/c17-15(19-13-7-3-1-4-8-13)11-12-16(18)20-14-9-5-2-6-10-14/h1-12H. The lowest BCUT2D eigenvalue weighted by Crippen LogP contribution is -2.08. The maximum atomic E-state index is 11.5. The van der Waals surface area contributed by atoms with Crippen LogP contribution >= 0.6 is 0 Å². The Labute approximate surface area is 116 Å². The molecule has 0 radical (unpaired) electrons. The van der Waals surface area contributed by atoms with E-state index in [0.717, 1.165) is 12.2 Å². The first-order chi connectivity index (χ1) is 9.74. The normalized spacial score (nSPS) is 10.2. The maximum absolute atomic E-state index is 11.5. The predicted octanol–water partition coefficient (Wildman–Crippen LogP) is 2.75. The van der Waals surface area contributed by atoms with E-state index >= 15 is 0 Å². The van der Waals surface area contributed by atoms with E-state index in [1.165, 1.54) is 0 Å². The average Bonchev–Trinajstić information content (AvgIpc) is 2.47. The van der Waals surface area contributed by atoms with Gasteiger partial charge in [-0.15, -0.1) is 0 Å². The number of rotatable bonds is 4. The lowest BCUT2D eigenvalue weighted by molar-refractivity contribution is -0.131. The van der Waals surface area contributed by atoms with Crippen LogP contribution in [0.25, 0.3) is 0 Å². The molecule has 20 heavy (non-hydrogen) atoms. The van der Waals surface area contributed by atoms with Gasteiger partial charge in [0.1, 0.15) is 11.5 Å². The molecule has 0 heterocycles. The molecule has 0 unspecified atom stereocenters. The smallest absolute Gasteiger partial charge is 0.336 e. The third-order valence-electron chi connectivity index (χ3n) is 2.28. The van der Waals surface area contributed by atoms with E-state index in [1.54, 1.807) is 48.5 Å². The molecule has 0 amide bonds. The Morgan fingerprint density at radius 3 is 1.35 bits per heavy atom. The van der Waals surface area contributed by atoms with Crippen molar-refractivity contribution >= 4 is 11.9 Å². The van der Waals surface area contributed by atoms with Crippen LogP contribution in [0.15, 0.2) is 72.8 Å². The Hall–Kier alpha value is -2.88. The van der Waals surface area contributed by atoms with E-state index in [0.29, 0.717) is 11.5 Å². The molecule has 0 aliphatic heterocycles. The highest BCUT2D eigenvalue weighted by Crippen LogP contribution is 2.10. The summed E-state index contributed by atoms with van der Waals surface area (Å²) in [5, 5.41) is 0. The van der Waals surface area contributed by atoms with Crippen LogP contribution in [0.1, 0.15) is 0 Å². The maximum Gasteiger partial charge on any atom is 0.336 e. The zero-order chi connectivity index (χ0) is 14.2. The highest BCUT2D eigenvalue weighted by molar-refractivity contribution is 5.93. The summed E-state index contributed by atoms with van der Waals surface area (Å²) >= 11 is 0. The summed E-state index contributed by atoms with van der Waals surface area (Å²) in [6.45, 7) is 0. The van der Waals surface area contributed by atoms with Crippen molar-refractivity contribution in [3.8, 4) is 11.5 Å². The molecule has 0 saturated heterocycles. The second kappa shape index (κ2) is 6.89. The highest BCUT2D eigenvalue weighted by Gasteiger charge is 2.03. The van der Waals surface area contributed by atoms with Gasteiger partial charge in [-0.25, -0.2) is 9.59 Å². The van der Waals surface area contributed by atoms with Crippen molar-refractivity contribution in [3.63, 3.8) is 0 Å². The van der Waals surface area contributed by atoms with Crippen molar-refractivity contribution < 1.29 is 19.1 Å². The zero-order valence-electron chi connectivity index (χ0n) is 10.6. The van der Waals surface area contributed by atoms with E-state index in [2.05, 4.69) is 0 Å². The summed E-state index contributed by atoms with van der Waals surface area (Å²) in [5.74, 6) is -0.445. The quantitative estimate of drug-likeness (QED) is 0.486. The predicted molar refractivity (Wildman–Crippen MR) is 73.3 cm³/mol. The Morgan fingerprint density at radius 1 is 0.650 bits per heavy atom. The number of hydrogen-bond acceptors (Lipinski definition) is 4. The Morgan fingerprint density at radius 2 is 1.00 bits per heavy atom. The first kappa shape index (κ1) is 13.5. The van der Waals surface area contributed by atoms with Gasteiger partial charge in [0.05, 0.1) is 0 Å². The van der Waals surface area contributed by atoms with Gasteiger partial charge in [0, 0.05) is 12.2 Å². The van der Waals surface area contributed by atoms with E-state index in [9.17, 15) is 9.59 Å². The number of carbonyl (C=O) groups is 2. The molecular formula is C16H12O4. The van der Waals surface area contributed by atoms with Gasteiger partial charge in [-0.1, -0.05) is 36.4 Å². The average molecular weight is 268 g/mol. The second-order valence-electron chi connectivity index (χ2n) is 3.80. The van der Waals surface area contributed by atoms with Gasteiger partial charge in [0.2, 0.25) is 0 Å². The van der Waals surface area contributed by atoms with Crippen LogP contribution in [0.2, 0.25) is 0 Å². The van der Waals surface area contributed by atoms with Crippen molar-refractivity contribution in [2.24, 2.45) is 0 Å². The number of esters is 2. The summed E-state index contributed by atoms with van der Waals surface area (Å²) < 4.78 is 9.96. The van der Waals surface area contributed by atoms with Gasteiger partial charge in [0.25, 0.3) is 0 Å². The molecular weight excluding hydrogens is 256 g/mol. The lowest BCUT2D eigenvalue weighted by Gasteiger charge is -2.01.